The van der Waals surface area contributed by atoms with E-state index in [1.165, 1.54) is 0 Å². The Kier molecular flexibility index (Phi) is 6.44. The van der Waals surface area contributed by atoms with Crippen molar-refractivity contribution in [3.8, 4) is 0 Å². The van der Waals surface area contributed by atoms with Crippen LogP contribution in [0.2, 0.25) is 0 Å². The fourth-order valence-electron chi connectivity index (χ4n) is 2.07. The van der Waals surface area contributed by atoms with E-state index in [0.29, 0.717) is 0 Å². The van der Waals surface area contributed by atoms with Crippen molar-refractivity contribution >= 4 is 0 Å². The maximum atomic E-state index is 9.78. The quantitative estimate of drug-likeness (QED) is 0.299. The number of nitrogens with zero attached hydrogens (tertiary/aromatic N) is 1. The summed E-state index contributed by atoms with van der Waals surface area (Å²) in [5.41, 5.74) is 5.75. The topological polar surface area (TPSA) is 130 Å². The van der Waals surface area contributed by atoms with Crippen LogP contribution >= 0.6 is 0 Å². The van der Waals surface area contributed by atoms with Gasteiger partial charge >= 0.3 is 0 Å². The number of likely N-dealkylation sites (tertiary alicyclic amines) is 1. The molecule has 4 atom stereocenters. The number of aliphatic hydroxyl groups excluding tert-OH is 5. The van der Waals surface area contributed by atoms with Crippen LogP contribution in [0.5, 0.6) is 0 Å². The van der Waals surface area contributed by atoms with Crippen LogP contribution in [0.15, 0.2) is 0 Å². The van der Waals surface area contributed by atoms with Gasteiger partial charge in [-0.3, -0.25) is 0 Å². The number of aliphatic hydroxyl groups is 5. The van der Waals surface area contributed by atoms with Crippen LogP contribution in [0.3, 0.4) is 0 Å². The van der Waals surface area contributed by atoms with E-state index in [0.717, 1.165) is 25.9 Å². The molecule has 1 fully saturated rings. The van der Waals surface area contributed by atoms with Gasteiger partial charge in [0.15, 0.2) is 0 Å². The highest BCUT2D eigenvalue weighted by atomic mass is 16.4. The van der Waals surface area contributed by atoms with E-state index >= 15 is 0 Å². The smallest absolute Gasteiger partial charge is 0.111 e. The highest BCUT2D eigenvalue weighted by Crippen LogP contribution is 2.11. The van der Waals surface area contributed by atoms with Gasteiger partial charge in [-0.2, -0.15) is 0 Å². The number of hydrogen-bond acceptors (Lipinski definition) is 7. The molecule has 108 valence electrons. The summed E-state index contributed by atoms with van der Waals surface area (Å²) >= 11 is 0. The summed E-state index contributed by atoms with van der Waals surface area (Å²) in [4.78, 5) is 1.95. The molecule has 7 heteroatoms. The van der Waals surface area contributed by atoms with Gasteiger partial charge in [-0.25, -0.2) is 0 Å². The van der Waals surface area contributed by atoms with Gasteiger partial charge in [0, 0.05) is 12.6 Å². The second-order valence-corrected chi connectivity index (χ2v) is 4.94. The molecular weight excluding hydrogens is 240 g/mol. The average molecular weight is 264 g/mol. The number of piperidine rings is 1. The molecule has 0 aromatic rings. The summed E-state index contributed by atoms with van der Waals surface area (Å²) in [5.74, 6) is 0. The molecule has 1 heterocycles. The van der Waals surface area contributed by atoms with E-state index in [1.807, 2.05) is 4.90 Å². The van der Waals surface area contributed by atoms with Gasteiger partial charge in [0.05, 0.1) is 12.7 Å². The molecule has 0 aromatic carbocycles. The van der Waals surface area contributed by atoms with E-state index in [2.05, 4.69) is 0 Å². The molecule has 0 radical (unpaired) electrons. The van der Waals surface area contributed by atoms with Gasteiger partial charge in [-0.05, 0) is 25.9 Å². The minimum Gasteiger partial charge on any atom is -0.394 e. The van der Waals surface area contributed by atoms with Crippen molar-refractivity contribution in [2.45, 2.75) is 43.3 Å². The molecule has 1 aliphatic heterocycles. The molecule has 0 spiro atoms. The van der Waals surface area contributed by atoms with Gasteiger partial charge in [-0.15, -0.1) is 0 Å². The third kappa shape index (κ3) is 4.43. The second-order valence-electron chi connectivity index (χ2n) is 4.94. The lowest BCUT2D eigenvalue weighted by molar-refractivity contribution is -0.120. The summed E-state index contributed by atoms with van der Waals surface area (Å²) in [5, 5.41) is 46.7. The van der Waals surface area contributed by atoms with Crippen LogP contribution in [0.25, 0.3) is 0 Å². The van der Waals surface area contributed by atoms with Gasteiger partial charge in [-0.1, -0.05) is 0 Å². The molecule has 0 saturated carbocycles. The summed E-state index contributed by atoms with van der Waals surface area (Å²) in [6.45, 7) is 1.03. The predicted molar refractivity (Wildman–Crippen MR) is 64.8 cm³/mol. The maximum absolute atomic E-state index is 9.78. The van der Waals surface area contributed by atoms with Crippen LogP contribution in [-0.4, -0.2) is 87.1 Å². The van der Waals surface area contributed by atoms with E-state index in [4.69, 9.17) is 10.8 Å². The highest BCUT2D eigenvalue weighted by molar-refractivity contribution is 4.84. The third-order valence-corrected chi connectivity index (χ3v) is 3.40. The van der Waals surface area contributed by atoms with Crippen molar-refractivity contribution in [2.75, 3.05) is 26.2 Å². The zero-order valence-corrected chi connectivity index (χ0v) is 10.4. The van der Waals surface area contributed by atoms with Gasteiger partial charge in [0.1, 0.15) is 18.3 Å². The molecular formula is C11H24N2O5. The van der Waals surface area contributed by atoms with Crippen LogP contribution in [0.4, 0.5) is 0 Å². The summed E-state index contributed by atoms with van der Waals surface area (Å²) in [6, 6.07) is 0.185. The minimum absolute atomic E-state index is 0.185. The summed E-state index contributed by atoms with van der Waals surface area (Å²) in [7, 11) is 0. The van der Waals surface area contributed by atoms with Crippen LogP contribution < -0.4 is 5.73 Å². The lowest BCUT2D eigenvalue weighted by Gasteiger charge is -2.34. The number of β-amino-alcohol motifs (C(OH)–C–C–N with tert-alkyl or cyclic N) is 1. The first-order chi connectivity index (χ1) is 8.45. The predicted octanol–water partition coefficient (Wildman–Crippen LogP) is -3.15. The zero-order valence-electron chi connectivity index (χ0n) is 10.4. The Morgan fingerprint density at radius 3 is 2.00 bits per heavy atom. The van der Waals surface area contributed by atoms with E-state index in [-0.39, 0.29) is 12.6 Å². The Morgan fingerprint density at radius 1 is 1.00 bits per heavy atom. The van der Waals surface area contributed by atoms with Crippen LogP contribution in [0.1, 0.15) is 12.8 Å². The van der Waals surface area contributed by atoms with E-state index in [9.17, 15) is 20.4 Å². The van der Waals surface area contributed by atoms with Gasteiger partial charge in [0.25, 0.3) is 0 Å². The Hall–Kier alpha value is -0.280. The van der Waals surface area contributed by atoms with Gasteiger partial charge < -0.3 is 36.2 Å². The molecule has 7 N–H and O–H groups in total. The second kappa shape index (κ2) is 7.34. The van der Waals surface area contributed by atoms with Crippen molar-refractivity contribution in [3.05, 3.63) is 0 Å². The lowest BCUT2D eigenvalue weighted by atomic mass is 10.0. The Balaban J connectivity index is 2.37. The van der Waals surface area contributed by atoms with Crippen molar-refractivity contribution in [1.29, 1.82) is 0 Å². The van der Waals surface area contributed by atoms with Crippen molar-refractivity contribution in [3.63, 3.8) is 0 Å². The molecule has 1 unspecified atom stereocenters. The Morgan fingerprint density at radius 2 is 1.50 bits per heavy atom. The molecule has 0 aromatic heterocycles. The molecule has 1 saturated heterocycles. The van der Waals surface area contributed by atoms with Crippen LogP contribution in [0, 0.1) is 0 Å². The molecule has 1 aliphatic rings. The number of hydrogen-bond donors (Lipinski definition) is 6. The van der Waals surface area contributed by atoms with Crippen molar-refractivity contribution in [2.24, 2.45) is 5.73 Å². The first-order valence-electron chi connectivity index (χ1n) is 6.26. The van der Waals surface area contributed by atoms with Crippen molar-refractivity contribution < 1.29 is 25.5 Å². The first-order valence-corrected chi connectivity index (χ1v) is 6.26. The molecule has 0 aliphatic carbocycles. The van der Waals surface area contributed by atoms with Gasteiger partial charge in [0.2, 0.25) is 0 Å². The first kappa shape index (κ1) is 15.8. The summed E-state index contributed by atoms with van der Waals surface area (Å²) < 4.78 is 0. The molecule has 1 rings (SSSR count). The molecule has 7 nitrogen and oxygen atoms in total. The normalized spacial score (nSPS) is 25.7. The van der Waals surface area contributed by atoms with E-state index in [1.54, 1.807) is 0 Å². The Bertz CT molecular complexity index is 235. The SMILES string of the molecule is NC1CCN(CC(O)[C@@H](O)[C@H](O)[C@H](O)CO)CC1. The monoisotopic (exact) mass is 264 g/mol. The lowest BCUT2D eigenvalue weighted by Crippen LogP contribution is -2.51. The Labute approximate surface area is 106 Å². The number of nitrogens with two attached hydrogens (primary N) is 1. The fraction of sp³-hybridized carbons (Fsp3) is 1.00. The minimum atomic E-state index is -1.56. The molecule has 18 heavy (non-hydrogen) atoms. The molecule has 0 amide bonds. The zero-order chi connectivity index (χ0) is 13.7. The summed E-state index contributed by atoms with van der Waals surface area (Å²) in [6.07, 6.45) is -3.99. The average Bonchev–Trinajstić information content (AvgIpc) is 2.38. The standard InChI is InChI=1S/C11H24N2O5/c12-7-1-3-13(4-2-7)5-8(15)10(17)11(18)9(16)6-14/h7-11,14-18H,1-6,12H2/t8?,9-,10-,11-/m1/s1. The van der Waals surface area contributed by atoms with Crippen molar-refractivity contribution in [1.82, 2.24) is 4.90 Å². The number of rotatable bonds is 6. The maximum Gasteiger partial charge on any atom is 0.111 e. The fourth-order valence-corrected chi connectivity index (χ4v) is 2.07. The highest BCUT2D eigenvalue weighted by Gasteiger charge is 2.31. The third-order valence-electron chi connectivity index (χ3n) is 3.40. The van der Waals surface area contributed by atoms with Crippen LogP contribution in [-0.2, 0) is 0 Å². The largest absolute Gasteiger partial charge is 0.394 e. The van der Waals surface area contributed by atoms with E-state index < -0.39 is 31.0 Å². The molecule has 0 bridgehead atoms.